The fourth-order valence-electron chi connectivity index (χ4n) is 4.06. The van der Waals surface area contributed by atoms with Crippen LogP contribution < -0.4 is 5.32 Å². The molecule has 2 heterocycles. The Morgan fingerprint density at radius 2 is 1.96 bits per heavy atom. The number of carbonyl (C=O) groups excluding carboxylic acids is 1. The van der Waals surface area contributed by atoms with Gasteiger partial charge in [-0.15, -0.1) is 0 Å². The molecule has 2 aliphatic heterocycles. The molecule has 1 amide bonds. The molecular weight excluding hydrogens is 334 g/mol. The topological polar surface area (TPSA) is 35.6 Å². The molecule has 4 nitrogen and oxygen atoms in total. The van der Waals surface area contributed by atoms with Crippen molar-refractivity contribution in [3.8, 4) is 0 Å². The van der Waals surface area contributed by atoms with Crippen molar-refractivity contribution >= 4 is 17.5 Å². The van der Waals surface area contributed by atoms with Gasteiger partial charge in [0.25, 0.3) is 0 Å². The van der Waals surface area contributed by atoms with Crippen LogP contribution >= 0.6 is 11.6 Å². The van der Waals surface area contributed by atoms with Gasteiger partial charge < -0.3 is 10.2 Å². The Hall–Kier alpha value is -1.10. The van der Waals surface area contributed by atoms with E-state index in [1.165, 1.54) is 5.56 Å². The van der Waals surface area contributed by atoms with Crippen molar-refractivity contribution in [3.05, 3.63) is 34.9 Å². The molecule has 3 rings (SSSR count). The lowest BCUT2D eigenvalue weighted by Crippen LogP contribution is -2.70. The van der Waals surface area contributed by atoms with Crippen LogP contribution in [0, 0.1) is 5.92 Å². The van der Waals surface area contributed by atoms with Crippen molar-refractivity contribution in [2.45, 2.75) is 51.7 Å². The SMILES string of the molecule is CC[C@H]1CN2[C@H](CN1)CN(CC(C)C)C(=O)[C@@H]2Cc1ccc(Cl)cc1. The van der Waals surface area contributed by atoms with Crippen LogP contribution in [0.4, 0.5) is 0 Å². The van der Waals surface area contributed by atoms with Crippen LogP contribution in [0.3, 0.4) is 0 Å². The van der Waals surface area contributed by atoms with Gasteiger partial charge in [0, 0.05) is 43.3 Å². The summed E-state index contributed by atoms with van der Waals surface area (Å²) in [7, 11) is 0. The highest BCUT2D eigenvalue weighted by Gasteiger charge is 2.43. The molecule has 0 radical (unpaired) electrons. The number of fused-ring (bicyclic) bond motifs is 1. The van der Waals surface area contributed by atoms with Gasteiger partial charge >= 0.3 is 0 Å². The molecule has 0 bridgehead atoms. The molecule has 1 aromatic rings. The average molecular weight is 364 g/mol. The van der Waals surface area contributed by atoms with Crippen molar-refractivity contribution in [2.75, 3.05) is 26.2 Å². The predicted molar refractivity (Wildman–Crippen MR) is 103 cm³/mol. The first-order chi connectivity index (χ1) is 12.0. The second kappa shape index (κ2) is 8.07. The minimum absolute atomic E-state index is 0.0603. The highest BCUT2D eigenvalue weighted by molar-refractivity contribution is 6.30. The van der Waals surface area contributed by atoms with E-state index in [-0.39, 0.29) is 11.9 Å². The molecule has 138 valence electrons. The summed E-state index contributed by atoms with van der Waals surface area (Å²) in [6, 6.07) is 8.76. The summed E-state index contributed by atoms with van der Waals surface area (Å²) in [5.74, 6) is 0.781. The summed E-state index contributed by atoms with van der Waals surface area (Å²) in [4.78, 5) is 17.8. The van der Waals surface area contributed by atoms with E-state index in [4.69, 9.17) is 11.6 Å². The van der Waals surface area contributed by atoms with E-state index in [1.54, 1.807) is 0 Å². The molecule has 1 N–H and O–H groups in total. The van der Waals surface area contributed by atoms with E-state index < -0.39 is 0 Å². The molecule has 3 atom stereocenters. The fraction of sp³-hybridized carbons (Fsp3) is 0.650. The lowest BCUT2D eigenvalue weighted by molar-refractivity contribution is -0.147. The van der Waals surface area contributed by atoms with E-state index in [1.807, 2.05) is 24.3 Å². The number of hydrogen-bond acceptors (Lipinski definition) is 3. The molecule has 2 aliphatic rings. The van der Waals surface area contributed by atoms with Gasteiger partial charge in [0.05, 0.1) is 6.04 Å². The van der Waals surface area contributed by atoms with Gasteiger partial charge in [-0.3, -0.25) is 9.69 Å². The van der Waals surface area contributed by atoms with Crippen molar-refractivity contribution < 1.29 is 4.79 Å². The summed E-state index contributed by atoms with van der Waals surface area (Å²) in [5, 5.41) is 4.39. The van der Waals surface area contributed by atoms with Crippen LogP contribution in [0.25, 0.3) is 0 Å². The Kier molecular flexibility index (Phi) is 6.03. The minimum atomic E-state index is -0.0603. The summed E-state index contributed by atoms with van der Waals surface area (Å²) < 4.78 is 0. The first kappa shape index (κ1) is 18.7. The van der Waals surface area contributed by atoms with Crippen molar-refractivity contribution in [2.24, 2.45) is 5.92 Å². The maximum atomic E-state index is 13.2. The molecular formula is C20H30ClN3O. The van der Waals surface area contributed by atoms with E-state index in [0.717, 1.165) is 44.0 Å². The normalized spacial score (nSPS) is 27.6. The molecule has 2 saturated heterocycles. The van der Waals surface area contributed by atoms with Gasteiger partial charge in [-0.1, -0.05) is 44.5 Å². The van der Waals surface area contributed by atoms with Crippen LogP contribution in [0.1, 0.15) is 32.8 Å². The third kappa shape index (κ3) is 4.36. The summed E-state index contributed by atoms with van der Waals surface area (Å²) in [6.07, 6.45) is 1.86. The van der Waals surface area contributed by atoms with E-state index >= 15 is 0 Å². The van der Waals surface area contributed by atoms with Crippen LogP contribution in [0.2, 0.25) is 5.02 Å². The maximum absolute atomic E-state index is 13.2. The molecule has 0 unspecified atom stereocenters. The molecule has 0 aliphatic carbocycles. The fourth-order valence-corrected chi connectivity index (χ4v) is 4.19. The number of nitrogens with one attached hydrogen (secondary N) is 1. The van der Waals surface area contributed by atoms with Crippen LogP contribution in [0.15, 0.2) is 24.3 Å². The van der Waals surface area contributed by atoms with Gasteiger partial charge in [0.1, 0.15) is 0 Å². The monoisotopic (exact) mass is 363 g/mol. The van der Waals surface area contributed by atoms with Crippen LogP contribution in [0.5, 0.6) is 0 Å². The minimum Gasteiger partial charge on any atom is -0.339 e. The molecule has 1 aromatic carbocycles. The number of rotatable bonds is 5. The van der Waals surface area contributed by atoms with Gasteiger partial charge in [0.15, 0.2) is 0 Å². The molecule has 0 spiro atoms. The smallest absolute Gasteiger partial charge is 0.240 e. The van der Waals surface area contributed by atoms with Crippen molar-refractivity contribution in [1.82, 2.24) is 15.1 Å². The Balaban J connectivity index is 1.82. The summed E-state index contributed by atoms with van der Waals surface area (Å²) in [5.41, 5.74) is 1.18. The van der Waals surface area contributed by atoms with Gasteiger partial charge in [-0.25, -0.2) is 0 Å². The first-order valence-corrected chi connectivity index (χ1v) is 9.88. The molecule has 0 aromatic heterocycles. The van der Waals surface area contributed by atoms with Crippen molar-refractivity contribution in [1.29, 1.82) is 0 Å². The van der Waals surface area contributed by atoms with Gasteiger partial charge in [-0.2, -0.15) is 0 Å². The zero-order valence-electron chi connectivity index (χ0n) is 15.5. The highest BCUT2D eigenvalue weighted by Crippen LogP contribution is 2.25. The lowest BCUT2D eigenvalue weighted by Gasteiger charge is -2.50. The zero-order valence-corrected chi connectivity index (χ0v) is 16.3. The second-order valence-electron chi connectivity index (χ2n) is 7.85. The number of hydrogen-bond donors (Lipinski definition) is 1. The molecule has 2 fully saturated rings. The van der Waals surface area contributed by atoms with Crippen LogP contribution in [-0.4, -0.2) is 60.0 Å². The first-order valence-electron chi connectivity index (χ1n) is 9.50. The summed E-state index contributed by atoms with van der Waals surface area (Å²) in [6.45, 7) is 10.2. The third-order valence-electron chi connectivity index (χ3n) is 5.39. The highest BCUT2D eigenvalue weighted by atomic mass is 35.5. The van der Waals surface area contributed by atoms with E-state index in [0.29, 0.717) is 18.0 Å². The molecule has 0 saturated carbocycles. The Bertz CT molecular complexity index is 589. The number of benzene rings is 1. The second-order valence-corrected chi connectivity index (χ2v) is 8.28. The number of piperazine rings is 2. The number of nitrogens with zero attached hydrogens (tertiary/aromatic N) is 2. The Morgan fingerprint density at radius 3 is 2.60 bits per heavy atom. The summed E-state index contributed by atoms with van der Waals surface area (Å²) >= 11 is 6.02. The van der Waals surface area contributed by atoms with E-state index in [2.05, 4.69) is 35.9 Å². The Morgan fingerprint density at radius 1 is 1.24 bits per heavy atom. The number of halogens is 1. The largest absolute Gasteiger partial charge is 0.339 e. The lowest BCUT2D eigenvalue weighted by atomic mass is 9.94. The quantitative estimate of drug-likeness (QED) is 0.873. The zero-order chi connectivity index (χ0) is 18.0. The molecule has 25 heavy (non-hydrogen) atoms. The van der Waals surface area contributed by atoms with Crippen LogP contribution in [-0.2, 0) is 11.2 Å². The number of carbonyl (C=O) groups is 1. The Labute approximate surface area is 156 Å². The van der Waals surface area contributed by atoms with E-state index in [9.17, 15) is 4.79 Å². The number of amides is 1. The van der Waals surface area contributed by atoms with Crippen molar-refractivity contribution in [3.63, 3.8) is 0 Å². The average Bonchev–Trinajstić information content (AvgIpc) is 2.59. The van der Waals surface area contributed by atoms with Gasteiger partial charge in [0.2, 0.25) is 5.91 Å². The maximum Gasteiger partial charge on any atom is 0.240 e. The third-order valence-corrected chi connectivity index (χ3v) is 5.64. The van der Waals surface area contributed by atoms with Gasteiger partial charge in [-0.05, 0) is 36.5 Å². The predicted octanol–water partition coefficient (Wildman–Crippen LogP) is 2.80. The standard InChI is InChI=1S/C20H30ClN3O/c1-4-17-12-24-18(10-22-17)13-23(11-14(2)3)20(25)19(24)9-15-5-7-16(21)8-6-15/h5-8,14,17-19,22H,4,9-13H2,1-3H3/t17-,18+,19-/m0/s1. The molecule has 5 heteroatoms.